The van der Waals surface area contributed by atoms with Crippen LogP contribution in [0.3, 0.4) is 0 Å². The van der Waals surface area contributed by atoms with Gasteiger partial charge >= 0.3 is 0 Å². The molecule has 0 fully saturated rings. The van der Waals surface area contributed by atoms with Crippen LogP contribution < -0.4 is 0 Å². The smallest absolute Gasteiger partial charge is 0.0570 e. The highest BCUT2D eigenvalue weighted by Gasteiger charge is 2.04. The van der Waals surface area contributed by atoms with Crippen LogP contribution in [0.2, 0.25) is 0 Å². The van der Waals surface area contributed by atoms with E-state index in [9.17, 15) is 0 Å². The van der Waals surface area contributed by atoms with Gasteiger partial charge < -0.3 is 0 Å². The van der Waals surface area contributed by atoms with Gasteiger partial charge in [0.2, 0.25) is 0 Å². The first-order valence-corrected chi connectivity index (χ1v) is 3.95. The van der Waals surface area contributed by atoms with Crippen molar-refractivity contribution in [2.45, 2.75) is 25.9 Å². The molecule has 3 heteroatoms. The Hall–Kier alpha value is -0.183. The molecule has 0 unspecified atom stereocenters. The SMILES string of the molecule is CCN=NC(C)(C)[SiH3]. The maximum atomic E-state index is 4.06. The van der Waals surface area contributed by atoms with E-state index in [4.69, 9.17) is 0 Å². The summed E-state index contributed by atoms with van der Waals surface area (Å²) in [5, 5.41) is 8.11. The van der Waals surface area contributed by atoms with E-state index in [-0.39, 0.29) is 5.16 Å². The fourth-order valence-corrected chi connectivity index (χ4v) is 0.424. The Labute approximate surface area is 53.8 Å². The fourth-order valence-electron chi connectivity index (χ4n) is 0.283. The molecular weight excluding hydrogens is 116 g/mol. The molecule has 0 radical (unpaired) electrons. The van der Waals surface area contributed by atoms with Crippen molar-refractivity contribution in [1.29, 1.82) is 0 Å². The molecule has 0 aromatic rings. The van der Waals surface area contributed by atoms with Gasteiger partial charge in [0.15, 0.2) is 0 Å². The van der Waals surface area contributed by atoms with Gasteiger partial charge in [-0.1, -0.05) is 0 Å². The van der Waals surface area contributed by atoms with Gasteiger partial charge in [0.1, 0.15) is 0 Å². The Bertz CT molecular complexity index is 82.9. The van der Waals surface area contributed by atoms with Crippen LogP contribution in [0.5, 0.6) is 0 Å². The Morgan fingerprint density at radius 3 is 2.12 bits per heavy atom. The number of nitrogens with zero attached hydrogens (tertiary/aromatic N) is 2. The van der Waals surface area contributed by atoms with Gasteiger partial charge in [-0.25, -0.2) is 0 Å². The summed E-state index contributed by atoms with van der Waals surface area (Å²) < 4.78 is 0. The highest BCUT2D eigenvalue weighted by molar-refractivity contribution is 6.14. The van der Waals surface area contributed by atoms with Crippen LogP contribution in [-0.2, 0) is 0 Å². The van der Waals surface area contributed by atoms with Gasteiger partial charge in [-0.3, -0.25) is 0 Å². The molecule has 0 saturated heterocycles. The first kappa shape index (κ1) is 7.82. The van der Waals surface area contributed by atoms with Crippen molar-refractivity contribution in [3.8, 4) is 0 Å². The van der Waals surface area contributed by atoms with Crippen LogP contribution in [0.1, 0.15) is 20.8 Å². The molecule has 0 aliphatic rings. The number of rotatable bonds is 2. The summed E-state index contributed by atoms with van der Waals surface area (Å²) in [5.41, 5.74) is 0. The van der Waals surface area contributed by atoms with E-state index in [1.54, 1.807) is 0 Å². The highest BCUT2D eigenvalue weighted by Crippen LogP contribution is 2.00. The van der Waals surface area contributed by atoms with E-state index >= 15 is 0 Å². The van der Waals surface area contributed by atoms with E-state index in [1.165, 1.54) is 0 Å². The lowest BCUT2D eigenvalue weighted by Gasteiger charge is -2.07. The third-order valence-corrected chi connectivity index (χ3v) is 0.712. The van der Waals surface area contributed by atoms with Gasteiger partial charge in [0, 0.05) is 10.2 Å². The number of azo groups is 1. The third-order valence-electron chi connectivity index (χ3n) is 0.512. The zero-order chi connectivity index (χ0) is 6.62. The Kier molecular flexibility index (Phi) is 2.90. The quantitative estimate of drug-likeness (QED) is 0.385. The van der Waals surface area contributed by atoms with Crippen molar-refractivity contribution in [3.05, 3.63) is 0 Å². The zero-order valence-corrected chi connectivity index (χ0v) is 8.10. The standard InChI is InChI=1S/C5H14N2Si/c1-4-6-7-5(2,3)8/h4H2,1-3,8H3. The van der Waals surface area contributed by atoms with Gasteiger partial charge in [0.25, 0.3) is 0 Å². The molecular formula is C5H14N2Si. The van der Waals surface area contributed by atoms with Crippen molar-refractivity contribution >= 4 is 10.2 Å². The van der Waals surface area contributed by atoms with Gasteiger partial charge in [-0.2, -0.15) is 10.2 Å². The summed E-state index contributed by atoms with van der Waals surface area (Å²) in [6.07, 6.45) is 0. The van der Waals surface area contributed by atoms with E-state index < -0.39 is 0 Å². The summed E-state index contributed by atoms with van der Waals surface area (Å²) in [6, 6.07) is 0. The van der Waals surface area contributed by atoms with Crippen molar-refractivity contribution in [1.82, 2.24) is 0 Å². The Morgan fingerprint density at radius 1 is 1.50 bits per heavy atom. The summed E-state index contributed by atoms with van der Waals surface area (Å²) in [6.45, 7) is 7.00. The first-order chi connectivity index (χ1) is 3.56. The lowest BCUT2D eigenvalue weighted by Crippen LogP contribution is -2.14. The monoisotopic (exact) mass is 130 g/mol. The zero-order valence-electron chi connectivity index (χ0n) is 6.10. The molecule has 0 amide bonds. The minimum atomic E-state index is 0.149. The predicted octanol–water partition coefficient (Wildman–Crippen LogP) is 0.560. The van der Waals surface area contributed by atoms with Crippen molar-refractivity contribution in [3.63, 3.8) is 0 Å². The molecule has 0 rings (SSSR count). The molecule has 2 nitrogen and oxygen atoms in total. The van der Waals surface area contributed by atoms with E-state index in [1.807, 2.05) is 6.92 Å². The van der Waals surface area contributed by atoms with Crippen molar-refractivity contribution in [2.24, 2.45) is 10.2 Å². The van der Waals surface area contributed by atoms with E-state index in [0.717, 1.165) is 16.8 Å². The molecule has 8 heavy (non-hydrogen) atoms. The second kappa shape index (κ2) is 2.97. The van der Waals surface area contributed by atoms with E-state index in [2.05, 4.69) is 24.1 Å². The lowest BCUT2D eigenvalue weighted by molar-refractivity contribution is 0.674. The number of hydrogen-bond donors (Lipinski definition) is 0. The average molecular weight is 130 g/mol. The van der Waals surface area contributed by atoms with Crippen LogP contribution in [0.15, 0.2) is 10.2 Å². The van der Waals surface area contributed by atoms with Crippen LogP contribution in [-0.4, -0.2) is 21.9 Å². The van der Waals surface area contributed by atoms with Gasteiger partial charge in [-0.15, -0.1) is 0 Å². The lowest BCUT2D eigenvalue weighted by atomic mass is 10.4. The first-order valence-electron chi connectivity index (χ1n) is 2.95. The molecule has 0 aliphatic carbocycles. The fraction of sp³-hybridized carbons (Fsp3) is 1.00. The minimum absolute atomic E-state index is 0.149. The summed E-state index contributed by atoms with van der Waals surface area (Å²) in [4.78, 5) is 0. The average Bonchev–Trinajstić information content (AvgIpc) is 1.59. The van der Waals surface area contributed by atoms with Crippen molar-refractivity contribution < 1.29 is 0 Å². The van der Waals surface area contributed by atoms with Crippen LogP contribution in [0.4, 0.5) is 0 Å². The molecule has 0 spiro atoms. The summed E-state index contributed by atoms with van der Waals surface area (Å²) in [7, 11) is 1.08. The largest absolute Gasteiger partial charge is 0.194 e. The molecule has 0 bridgehead atoms. The van der Waals surface area contributed by atoms with E-state index in [0.29, 0.717) is 0 Å². The van der Waals surface area contributed by atoms with Crippen molar-refractivity contribution in [2.75, 3.05) is 6.54 Å². The maximum Gasteiger partial charge on any atom is 0.0570 e. The van der Waals surface area contributed by atoms with Crippen LogP contribution in [0.25, 0.3) is 0 Å². The second-order valence-electron chi connectivity index (χ2n) is 2.73. The molecule has 0 saturated carbocycles. The molecule has 0 atom stereocenters. The molecule has 48 valence electrons. The summed E-state index contributed by atoms with van der Waals surface area (Å²) >= 11 is 0. The minimum Gasteiger partial charge on any atom is -0.194 e. The topological polar surface area (TPSA) is 24.7 Å². The Morgan fingerprint density at radius 2 is 2.00 bits per heavy atom. The molecule has 0 aromatic carbocycles. The van der Waals surface area contributed by atoms with Gasteiger partial charge in [-0.05, 0) is 20.8 Å². The number of hydrogen-bond acceptors (Lipinski definition) is 2. The third kappa shape index (κ3) is 5.82. The highest BCUT2D eigenvalue weighted by atomic mass is 28.1. The Balaban J connectivity index is 3.52. The predicted molar refractivity (Wildman–Crippen MR) is 39.4 cm³/mol. The van der Waals surface area contributed by atoms with Crippen LogP contribution in [0, 0.1) is 0 Å². The molecule has 0 heterocycles. The molecule has 0 aliphatic heterocycles. The van der Waals surface area contributed by atoms with Crippen LogP contribution >= 0.6 is 0 Å². The normalized spacial score (nSPS) is 13.4. The maximum absolute atomic E-state index is 4.06. The molecule has 0 N–H and O–H groups in total. The molecule has 0 aromatic heterocycles. The van der Waals surface area contributed by atoms with Gasteiger partial charge in [0.05, 0.1) is 11.7 Å². The summed E-state index contributed by atoms with van der Waals surface area (Å²) in [5.74, 6) is 0. The second-order valence-corrected chi connectivity index (χ2v) is 5.18.